The minimum absolute atomic E-state index is 0.0621. The first kappa shape index (κ1) is 19.0. The van der Waals surface area contributed by atoms with Crippen molar-refractivity contribution in [2.24, 2.45) is 0 Å². The van der Waals surface area contributed by atoms with Crippen molar-refractivity contribution in [3.8, 4) is 5.75 Å². The van der Waals surface area contributed by atoms with Crippen LogP contribution in [-0.2, 0) is 17.9 Å². The molecule has 0 fully saturated rings. The standard InChI is InChI=1S/C21H28N2O2/c1-16(2)19-9-5-18(6-10-19)14-23(3)15-21(24)22-13-17-7-11-20(25-4)12-8-17/h5-12,16H,13-15H2,1-4H3,(H,22,24)/p+1. The lowest BCUT2D eigenvalue weighted by molar-refractivity contribution is -0.885. The van der Waals surface area contributed by atoms with Crippen LogP contribution in [-0.4, -0.2) is 26.6 Å². The van der Waals surface area contributed by atoms with E-state index in [9.17, 15) is 4.79 Å². The third-order valence-corrected chi connectivity index (χ3v) is 4.26. The van der Waals surface area contributed by atoms with Crippen molar-refractivity contribution in [3.05, 3.63) is 65.2 Å². The van der Waals surface area contributed by atoms with Gasteiger partial charge in [0.1, 0.15) is 12.3 Å². The number of nitrogens with one attached hydrogen (secondary N) is 2. The zero-order valence-electron chi connectivity index (χ0n) is 15.6. The molecule has 0 bridgehead atoms. The highest BCUT2D eigenvalue weighted by Gasteiger charge is 2.10. The number of carbonyl (C=O) groups is 1. The number of ether oxygens (including phenoxy) is 1. The van der Waals surface area contributed by atoms with Gasteiger partial charge in [0.05, 0.1) is 14.2 Å². The highest BCUT2D eigenvalue weighted by atomic mass is 16.5. The molecule has 0 heterocycles. The first-order chi connectivity index (χ1) is 12.0. The zero-order valence-corrected chi connectivity index (χ0v) is 15.6. The van der Waals surface area contributed by atoms with Crippen LogP contribution in [0.4, 0.5) is 0 Å². The summed E-state index contributed by atoms with van der Waals surface area (Å²) < 4.78 is 5.13. The van der Waals surface area contributed by atoms with Gasteiger partial charge in [-0.2, -0.15) is 0 Å². The molecule has 0 aliphatic carbocycles. The van der Waals surface area contributed by atoms with Crippen LogP contribution in [0.1, 0.15) is 36.5 Å². The van der Waals surface area contributed by atoms with Gasteiger partial charge in [-0.25, -0.2) is 0 Å². The maximum atomic E-state index is 12.1. The molecule has 0 aliphatic rings. The molecule has 134 valence electrons. The SMILES string of the molecule is COc1ccc(CNC(=O)C[NH+](C)Cc2ccc(C(C)C)cc2)cc1. The second-order valence-electron chi connectivity index (χ2n) is 6.83. The summed E-state index contributed by atoms with van der Waals surface area (Å²) in [4.78, 5) is 13.3. The van der Waals surface area contributed by atoms with Crippen molar-refractivity contribution >= 4 is 5.91 Å². The molecule has 0 saturated heterocycles. The predicted molar refractivity (Wildman–Crippen MR) is 101 cm³/mol. The van der Waals surface area contributed by atoms with E-state index in [1.54, 1.807) is 7.11 Å². The normalized spacial score (nSPS) is 12.0. The lowest BCUT2D eigenvalue weighted by Gasteiger charge is -2.15. The topological polar surface area (TPSA) is 42.8 Å². The fraction of sp³-hybridized carbons (Fsp3) is 0.381. The van der Waals surface area contributed by atoms with E-state index in [4.69, 9.17) is 4.74 Å². The fourth-order valence-electron chi connectivity index (χ4n) is 2.71. The van der Waals surface area contributed by atoms with Crippen LogP contribution in [0.3, 0.4) is 0 Å². The van der Waals surface area contributed by atoms with Crippen molar-refractivity contribution in [2.45, 2.75) is 32.9 Å². The zero-order chi connectivity index (χ0) is 18.2. The molecule has 25 heavy (non-hydrogen) atoms. The van der Waals surface area contributed by atoms with Crippen LogP contribution in [0, 0.1) is 0 Å². The number of hydrogen-bond donors (Lipinski definition) is 2. The monoisotopic (exact) mass is 341 g/mol. The van der Waals surface area contributed by atoms with Gasteiger partial charge in [-0.3, -0.25) is 4.79 Å². The minimum Gasteiger partial charge on any atom is -0.497 e. The molecule has 4 heteroatoms. The van der Waals surface area contributed by atoms with E-state index < -0.39 is 0 Å². The van der Waals surface area contributed by atoms with Crippen LogP contribution in [0.2, 0.25) is 0 Å². The molecule has 2 aromatic rings. The molecular weight excluding hydrogens is 312 g/mol. The number of rotatable bonds is 8. The first-order valence-electron chi connectivity index (χ1n) is 8.77. The summed E-state index contributed by atoms with van der Waals surface area (Å²) in [5, 5.41) is 2.98. The molecule has 0 spiro atoms. The van der Waals surface area contributed by atoms with E-state index in [2.05, 4.69) is 43.4 Å². The van der Waals surface area contributed by atoms with E-state index in [1.165, 1.54) is 16.0 Å². The highest BCUT2D eigenvalue weighted by Crippen LogP contribution is 2.14. The number of benzene rings is 2. The predicted octanol–water partition coefficient (Wildman–Crippen LogP) is 2.15. The van der Waals surface area contributed by atoms with Crippen LogP contribution in [0.5, 0.6) is 5.75 Å². The maximum Gasteiger partial charge on any atom is 0.275 e. The Morgan fingerprint density at radius 1 is 1.04 bits per heavy atom. The Hall–Kier alpha value is -2.33. The van der Waals surface area contributed by atoms with Gasteiger partial charge < -0.3 is 15.0 Å². The quantitative estimate of drug-likeness (QED) is 0.773. The molecule has 1 atom stereocenters. The second kappa shape index (κ2) is 9.23. The lowest BCUT2D eigenvalue weighted by atomic mass is 10.0. The Labute approximate surface area is 150 Å². The fourth-order valence-corrected chi connectivity index (χ4v) is 2.71. The van der Waals surface area contributed by atoms with Crippen LogP contribution in [0.15, 0.2) is 48.5 Å². The number of carbonyl (C=O) groups excluding carboxylic acids is 1. The highest BCUT2D eigenvalue weighted by molar-refractivity contribution is 5.76. The molecule has 2 aromatic carbocycles. The van der Waals surface area contributed by atoms with Crippen molar-refractivity contribution < 1.29 is 14.4 Å². The summed E-state index contributed by atoms with van der Waals surface area (Å²) in [7, 11) is 3.69. The van der Waals surface area contributed by atoms with Crippen molar-refractivity contribution in [2.75, 3.05) is 20.7 Å². The van der Waals surface area contributed by atoms with Gasteiger partial charge in [0.15, 0.2) is 6.54 Å². The summed E-state index contributed by atoms with van der Waals surface area (Å²) in [6.07, 6.45) is 0. The smallest absolute Gasteiger partial charge is 0.275 e. The van der Waals surface area contributed by atoms with Gasteiger partial charge in [0.25, 0.3) is 5.91 Å². The third-order valence-electron chi connectivity index (χ3n) is 4.26. The average molecular weight is 341 g/mol. The van der Waals surface area contributed by atoms with Crippen molar-refractivity contribution in [1.82, 2.24) is 5.32 Å². The first-order valence-corrected chi connectivity index (χ1v) is 8.77. The Morgan fingerprint density at radius 2 is 1.64 bits per heavy atom. The Kier molecular flexibility index (Phi) is 7.02. The maximum absolute atomic E-state index is 12.1. The minimum atomic E-state index is 0.0621. The summed E-state index contributed by atoms with van der Waals surface area (Å²) in [6, 6.07) is 16.4. The van der Waals surface area contributed by atoms with Crippen molar-refractivity contribution in [1.29, 1.82) is 0 Å². The summed E-state index contributed by atoms with van der Waals surface area (Å²) in [6.45, 7) is 6.23. The van der Waals surface area contributed by atoms with Gasteiger partial charge in [0.2, 0.25) is 0 Å². The summed E-state index contributed by atoms with van der Waals surface area (Å²) in [5.74, 6) is 1.43. The number of amides is 1. The largest absolute Gasteiger partial charge is 0.497 e. The molecule has 0 radical (unpaired) electrons. The number of hydrogen-bond acceptors (Lipinski definition) is 2. The van der Waals surface area contributed by atoms with E-state index >= 15 is 0 Å². The second-order valence-corrected chi connectivity index (χ2v) is 6.83. The molecule has 0 aromatic heterocycles. The molecule has 4 nitrogen and oxygen atoms in total. The van der Waals surface area contributed by atoms with Crippen LogP contribution in [0.25, 0.3) is 0 Å². The molecular formula is C21H29N2O2+. The number of methoxy groups -OCH3 is 1. The summed E-state index contributed by atoms with van der Waals surface area (Å²) in [5.41, 5.74) is 3.67. The van der Waals surface area contributed by atoms with E-state index in [0.717, 1.165) is 17.9 Å². The number of quaternary nitrogens is 1. The van der Waals surface area contributed by atoms with Gasteiger partial charge in [0, 0.05) is 12.1 Å². The van der Waals surface area contributed by atoms with Crippen LogP contribution < -0.4 is 15.0 Å². The van der Waals surface area contributed by atoms with E-state index in [1.807, 2.05) is 31.3 Å². The Bertz CT molecular complexity index is 663. The number of likely N-dealkylation sites (N-methyl/N-ethyl adjacent to an activating group) is 1. The van der Waals surface area contributed by atoms with Crippen molar-refractivity contribution in [3.63, 3.8) is 0 Å². The molecule has 1 unspecified atom stereocenters. The van der Waals surface area contributed by atoms with Crippen LogP contribution >= 0.6 is 0 Å². The molecule has 0 aliphatic heterocycles. The third kappa shape index (κ3) is 6.24. The molecule has 1 amide bonds. The Morgan fingerprint density at radius 3 is 2.20 bits per heavy atom. The van der Waals surface area contributed by atoms with E-state index in [-0.39, 0.29) is 5.91 Å². The summed E-state index contributed by atoms with van der Waals surface area (Å²) >= 11 is 0. The molecule has 0 saturated carbocycles. The Balaban J connectivity index is 1.77. The average Bonchev–Trinajstić information content (AvgIpc) is 2.60. The van der Waals surface area contributed by atoms with Gasteiger partial charge >= 0.3 is 0 Å². The van der Waals surface area contributed by atoms with Gasteiger partial charge in [-0.1, -0.05) is 50.2 Å². The molecule has 2 N–H and O–H groups in total. The van der Waals surface area contributed by atoms with Gasteiger partial charge in [-0.05, 0) is 29.2 Å². The van der Waals surface area contributed by atoms with E-state index in [0.29, 0.717) is 19.0 Å². The van der Waals surface area contributed by atoms with Gasteiger partial charge in [-0.15, -0.1) is 0 Å². The molecule has 2 rings (SSSR count). The lowest BCUT2D eigenvalue weighted by Crippen LogP contribution is -3.08.